The summed E-state index contributed by atoms with van der Waals surface area (Å²) in [6.07, 6.45) is 0.204. The summed E-state index contributed by atoms with van der Waals surface area (Å²) >= 11 is 0. The van der Waals surface area contributed by atoms with Gasteiger partial charge in [0.15, 0.2) is 5.41 Å². The molecular weight excluding hydrogens is 400 g/mol. The summed E-state index contributed by atoms with van der Waals surface area (Å²) in [7, 11) is -1.98. The van der Waals surface area contributed by atoms with Crippen LogP contribution in [0.4, 0.5) is 0 Å². The van der Waals surface area contributed by atoms with Crippen LogP contribution in [0.25, 0.3) is 0 Å². The van der Waals surface area contributed by atoms with Gasteiger partial charge in [-0.15, -0.1) is 5.73 Å². The fraction of sp³-hybridized carbons (Fsp3) is 0.300. The van der Waals surface area contributed by atoms with E-state index in [1.54, 1.807) is 6.07 Å². The lowest BCUT2D eigenvalue weighted by Crippen LogP contribution is -2.42. The number of hydrogen-bond donors (Lipinski definition) is 0. The number of methoxy groups -OCH3 is 2. The van der Waals surface area contributed by atoms with Crippen LogP contribution in [-0.4, -0.2) is 47.2 Å². The summed E-state index contributed by atoms with van der Waals surface area (Å²) in [5.74, 6) is -2.65. The highest BCUT2D eigenvalue weighted by molar-refractivity contribution is 7.95. The third kappa shape index (κ3) is 4.47. The Morgan fingerprint density at radius 3 is 2.21 bits per heavy atom. The minimum Gasteiger partial charge on any atom is -0.468 e. The second kappa shape index (κ2) is 8.89. The van der Waals surface area contributed by atoms with Crippen molar-refractivity contribution >= 4 is 27.7 Å². The Hall–Kier alpha value is -3.16. The average Bonchev–Trinajstić information content (AvgIpc) is 3.14. The zero-order valence-electron chi connectivity index (χ0n) is 16.0. The molecule has 0 aromatic heterocycles. The summed E-state index contributed by atoms with van der Waals surface area (Å²) in [6.45, 7) is 3.28. The fourth-order valence-electron chi connectivity index (χ4n) is 3.00. The molecule has 1 aliphatic rings. The normalized spacial score (nSPS) is 13.7. The maximum Gasteiger partial charge on any atom is 0.331 e. The standard InChI is InChI=1S/C20H20O8S/c1-4-15(29(24,25)16-8-6-5-7-9-16)12-20(18(22)26-2,19(23)27-3)11-14-10-17(21)28-13-14/h5-10H,1,11-13H2,2-3H3. The molecule has 1 aromatic carbocycles. The summed E-state index contributed by atoms with van der Waals surface area (Å²) in [5, 5.41) is 0. The lowest BCUT2D eigenvalue weighted by molar-refractivity contribution is -0.169. The predicted molar refractivity (Wildman–Crippen MR) is 101 cm³/mol. The second-order valence-electron chi connectivity index (χ2n) is 6.25. The van der Waals surface area contributed by atoms with Crippen molar-refractivity contribution in [2.75, 3.05) is 20.8 Å². The molecule has 0 fully saturated rings. The number of benzene rings is 1. The minimum atomic E-state index is -4.10. The molecule has 9 heteroatoms. The maximum atomic E-state index is 13.0. The number of sulfone groups is 1. The molecule has 0 N–H and O–H groups in total. The van der Waals surface area contributed by atoms with Crippen molar-refractivity contribution in [3.8, 4) is 0 Å². The molecule has 8 nitrogen and oxygen atoms in total. The van der Waals surface area contributed by atoms with Gasteiger partial charge in [-0.2, -0.15) is 0 Å². The first-order chi connectivity index (χ1) is 13.7. The van der Waals surface area contributed by atoms with Gasteiger partial charge in [0.1, 0.15) is 6.61 Å². The Bertz CT molecular complexity index is 982. The van der Waals surface area contributed by atoms with Crippen LogP contribution in [0.2, 0.25) is 0 Å². The Balaban J connectivity index is 2.57. The van der Waals surface area contributed by atoms with Gasteiger partial charge in [-0.3, -0.25) is 9.59 Å². The largest absolute Gasteiger partial charge is 0.468 e. The van der Waals surface area contributed by atoms with Gasteiger partial charge in [0.05, 0.1) is 24.0 Å². The predicted octanol–water partition coefficient (Wildman–Crippen LogP) is 1.72. The molecule has 0 saturated carbocycles. The van der Waals surface area contributed by atoms with Crippen LogP contribution in [0.1, 0.15) is 12.8 Å². The summed E-state index contributed by atoms with van der Waals surface area (Å²) in [5.41, 5.74) is 0.594. The van der Waals surface area contributed by atoms with Crippen molar-refractivity contribution < 1.29 is 37.0 Å². The molecular formula is C20H20O8S. The summed E-state index contributed by atoms with van der Waals surface area (Å²) in [4.78, 5) is 36.3. The number of hydrogen-bond acceptors (Lipinski definition) is 8. The lowest BCUT2D eigenvalue weighted by atomic mass is 9.78. The van der Waals surface area contributed by atoms with Gasteiger partial charge in [-0.25, -0.2) is 13.2 Å². The molecule has 0 radical (unpaired) electrons. The van der Waals surface area contributed by atoms with Gasteiger partial charge in [0.25, 0.3) is 0 Å². The van der Waals surface area contributed by atoms with Crippen molar-refractivity contribution in [3.63, 3.8) is 0 Å². The van der Waals surface area contributed by atoms with Crippen LogP contribution in [0.5, 0.6) is 0 Å². The van der Waals surface area contributed by atoms with E-state index in [2.05, 4.69) is 12.3 Å². The quantitative estimate of drug-likeness (QED) is 0.270. The zero-order valence-corrected chi connectivity index (χ0v) is 16.8. The van der Waals surface area contributed by atoms with Crippen LogP contribution in [0.3, 0.4) is 0 Å². The number of cyclic esters (lactones) is 1. The van der Waals surface area contributed by atoms with E-state index >= 15 is 0 Å². The van der Waals surface area contributed by atoms with Gasteiger partial charge in [-0.1, -0.05) is 24.8 Å². The van der Waals surface area contributed by atoms with Gasteiger partial charge in [0.2, 0.25) is 9.84 Å². The number of allylic oxidation sites excluding steroid dienone is 1. The molecule has 1 aliphatic heterocycles. The molecule has 0 saturated heterocycles. The van der Waals surface area contributed by atoms with Gasteiger partial charge in [0, 0.05) is 12.5 Å². The first-order valence-electron chi connectivity index (χ1n) is 8.43. The molecule has 0 atom stereocenters. The first kappa shape index (κ1) is 22.1. The second-order valence-corrected chi connectivity index (χ2v) is 8.22. The van der Waals surface area contributed by atoms with Crippen LogP contribution < -0.4 is 0 Å². The van der Waals surface area contributed by atoms with Gasteiger partial charge >= 0.3 is 17.9 Å². The minimum absolute atomic E-state index is 0.0478. The van der Waals surface area contributed by atoms with E-state index in [4.69, 9.17) is 14.2 Å². The number of rotatable bonds is 8. The first-order valence-corrected chi connectivity index (χ1v) is 9.91. The Kier molecular flexibility index (Phi) is 6.79. The van der Waals surface area contributed by atoms with Gasteiger partial charge < -0.3 is 14.2 Å². The number of carbonyl (C=O) groups excluding carboxylic acids is 3. The van der Waals surface area contributed by atoms with Crippen molar-refractivity contribution in [3.05, 3.63) is 59.2 Å². The van der Waals surface area contributed by atoms with E-state index in [1.807, 2.05) is 0 Å². The zero-order chi connectivity index (χ0) is 21.7. The molecule has 154 valence electrons. The lowest BCUT2D eigenvalue weighted by Gasteiger charge is -2.28. The summed E-state index contributed by atoms with van der Waals surface area (Å²) in [6, 6.07) is 7.46. The number of carbonyl (C=O) groups is 3. The van der Waals surface area contributed by atoms with E-state index in [-0.39, 0.29) is 22.8 Å². The molecule has 0 aliphatic carbocycles. The summed E-state index contributed by atoms with van der Waals surface area (Å²) < 4.78 is 40.4. The maximum absolute atomic E-state index is 13.0. The third-order valence-corrected chi connectivity index (χ3v) is 6.27. The van der Waals surface area contributed by atoms with Crippen molar-refractivity contribution in [2.24, 2.45) is 5.41 Å². The molecule has 1 heterocycles. The topological polar surface area (TPSA) is 113 Å². The molecule has 0 bridgehead atoms. The Morgan fingerprint density at radius 1 is 1.17 bits per heavy atom. The monoisotopic (exact) mass is 420 g/mol. The van der Waals surface area contributed by atoms with Crippen molar-refractivity contribution in [1.29, 1.82) is 0 Å². The highest BCUT2D eigenvalue weighted by Crippen LogP contribution is 2.39. The van der Waals surface area contributed by atoms with E-state index in [0.29, 0.717) is 5.57 Å². The average molecular weight is 420 g/mol. The fourth-order valence-corrected chi connectivity index (χ4v) is 4.42. The molecule has 1 aromatic rings. The van der Waals surface area contributed by atoms with Crippen LogP contribution >= 0.6 is 0 Å². The number of esters is 3. The van der Waals surface area contributed by atoms with Crippen LogP contribution in [0.15, 0.2) is 64.1 Å². The van der Waals surface area contributed by atoms with Crippen LogP contribution in [-0.2, 0) is 38.4 Å². The Morgan fingerprint density at radius 2 is 1.76 bits per heavy atom. The highest BCUT2D eigenvalue weighted by atomic mass is 32.2. The Labute approximate surface area is 168 Å². The third-order valence-electron chi connectivity index (χ3n) is 4.44. The smallest absolute Gasteiger partial charge is 0.331 e. The molecule has 0 spiro atoms. The van der Waals surface area contributed by atoms with Crippen molar-refractivity contribution in [2.45, 2.75) is 17.7 Å². The van der Waals surface area contributed by atoms with E-state index in [1.165, 1.54) is 24.3 Å². The SMILES string of the molecule is C=C=C(CC(CC1=CC(=O)OC1)(C(=O)OC)C(=O)OC)S(=O)(=O)c1ccccc1. The molecule has 29 heavy (non-hydrogen) atoms. The van der Waals surface area contributed by atoms with Crippen molar-refractivity contribution in [1.82, 2.24) is 0 Å². The molecule has 0 unspecified atom stereocenters. The molecule has 0 amide bonds. The van der Waals surface area contributed by atoms with Gasteiger partial charge in [-0.05, 0) is 24.1 Å². The highest BCUT2D eigenvalue weighted by Gasteiger charge is 2.51. The van der Waals surface area contributed by atoms with E-state index in [9.17, 15) is 22.8 Å². The number of ether oxygens (including phenoxy) is 3. The van der Waals surface area contributed by atoms with E-state index < -0.39 is 39.6 Å². The molecule has 2 rings (SSSR count). The van der Waals surface area contributed by atoms with E-state index in [0.717, 1.165) is 20.3 Å². The van der Waals surface area contributed by atoms with Crippen LogP contribution in [0, 0.1) is 5.41 Å².